The van der Waals surface area contributed by atoms with Gasteiger partial charge in [0.2, 0.25) is 0 Å². The molecule has 8 heteroatoms. The number of fused-ring (bicyclic) bond motifs is 1. The van der Waals surface area contributed by atoms with E-state index in [0.717, 1.165) is 4.68 Å². The topological polar surface area (TPSA) is 79.0 Å². The van der Waals surface area contributed by atoms with Crippen molar-refractivity contribution in [2.75, 3.05) is 6.61 Å². The lowest BCUT2D eigenvalue weighted by molar-refractivity contribution is -0.144. The second-order valence-corrected chi connectivity index (χ2v) is 5.15. The van der Waals surface area contributed by atoms with Gasteiger partial charge < -0.3 is 4.74 Å². The molecule has 1 aromatic carbocycles. The van der Waals surface area contributed by atoms with E-state index in [-0.39, 0.29) is 24.5 Å². The molecule has 0 saturated heterocycles. The van der Waals surface area contributed by atoms with Gasteiger partial charge in [-0.1, -0.05) is 0 Å². The van der Waals surface area contributed by atoms with Crippen LogP contribution in [0.5, 0.6) is 0 Å². The highest BCUT2D eigenvalue weighted by Gasteiger charge is 2.16. The zero-order valence-electron chi connectivity index (χ0n) is 13.2. The maximum atomic E-state index is 13.1. The predicted molar refractivity (Wildman–Crippen MR) is 84.5 cm³/mol. The summed E-state index contributed by atoms with van der Waals surface area (Å²) in [4.78, 5) is 24.4. The Bertz CT molecular complexity index is 960. The number of hydrogen-bond acceptors (Lipinski definition) is 5. The molecule has 0 fully saturated rings. The first-order valence-corrected chi connectivity index (χ1v) is 7.38. The number of aromatic nitrogens is 4. The smallest absolute Gasteiger partial charge is 0.327 e. The molecule has 124 valence electrons. The molecule has 0 spiro atoms. The monoisotopic (exact) mass is 330 g/mol. The number of rotatable bonds is 4. The molecule has 2 heterocycles. The number of ether oxygens (including phenoxy) is 1. The van der Waals surface area contributed by atoms with Gasteiger partial charge in [-0.2, -0.15) is 10.2 Å². The third kappa shape index (κ3) is 2.78. The van der Waals surface area contributed by atoms with Gasteiger partial charge in [-0.3, -0.25) is 9.59 Å². The lowest BCUT2D eigenvalue weighted by atomic mass is 10.2. The van der Waals surface area contributed by atoms with Crippen molar-refractivity contribution in [2.45, 2.75) is 20.4 Å². The first-order chi connectivity index (χ1) is 11.5. The minimum atomic E-state index is -0.543. The Labute approximate surface area is 136 Å². The van der Waals surface area contributed by atoms with Crippen molar-refractivity contribution >= 4 is 16.9 Å². The molecular weight excluding hydrogens is 315 g/mol. The van der Waals surface area contributed by atoms with Gasteiger partial charge in [0.15, 0.2) is 0 Å². The van der Waals surface area contributed by atoms with E-state index >= 15 is 0 Å². The van der Waals surface area contributed by atoms with Crippen molar-refractivity contribution in [3.8, 4) is 5.69 Å². The largest absolute Gasteiger partial charge is 0.465 e. The Hall–Kier alpha value is -3.03. The maximum absolute atomic E-state index is 13.1. The fraction of sp³-hybridized carbons (Fsp3) is 0.250. The standard InChI is InChI=1S/C16H15FN4O3/c1-3-24-14(22)9-20-16(23)15-13(10(2)19-20)8-18-21(15)12-6-4-11(17)5-7-12/h4-8H,3,9H2,1-2H3. The Morgan fingerprint density at radius 3 is 2.67 bits per heavy atom. The number of nitrogens with zero attached hydrogens (tertiary/aromatic N) is 4. The Balaban J connectivity index is 2.16. The van der Waals surface area contributed by atoms with E-state index in [9.17, 15) is 14.0 Å². The van der Waals surface area contributed by atoms with Crippen molar-refractivity contribution in [2.24, 2.45) is 0 Å². The number of benzene rings is 1. The highest BCUT2D eigenvalue weighted by atomic mass is 19.1. The van der Waals surface area contributed by atoms with Gasteiger partial charge in [-0.15, -0.1) is 0 Å². The van der Waals surface area contributed by atoms with E-state index < -0.39 is 11.5 Å². The van der Waals surface area contributed by atoms with E-state index in [4.69, 9.17) is 4.74 Å². The first-order valence-electron chi connectivity index (χ1n) is 7.38. The first kappa shape index (κ1) is 15.9. The summed E-state index contributed by atoms with van der Waals surface area (Å²) in [6, 6.07) is 5.61. The minimum absolute atomic E-state index is 0.225. The highest BCUT2D eigenvalue weighted by molar-refractivity contribution is 5.81. The molecule has 3 rings (SSSR count). The Kier molecular flexibility index (Phi) is 4.11. The molecule has 0 N–H and O–H groups in total. The zero-order valence-corrected chi connectivity index (χ0v) is 13.2. The van der Waals surface area contributed by atoms with E-state index in [1.807, 2.05) is 0 Å². The minimum Gasteiger partial charge on any atom is -0.465 e. The molecule has 0 bridgehead atoms. The number of aryl methyl sites for hydroxylation is 1. The van der Waals surface area contributed by atoms with E-state index in [1.54, 1.807) is 13.8 Å². The summed E-state index contributed by atoms with van der Waals surface area (Å²) in [5.41, 5.74) is 0.905. The van der Waals surface area contributed by atoms with Crippen LogP contribution in [0.3, 0.4) is 0 Å². The van der Waals surface area contributed by atoms with Gasteiger partial charge in [-0.25, -0.2) is 13.8 Å². The van der Waals surface area contributed by atoms with Crippen LogP contribution >= 0.6 is 0 Å². The second kappa shape index (κ2) is 6.23. The molecule has 0 aliphatic rings. The number of carbonyl (C=O) groups is 1. The fourth-order valence-corrected chi connectivity index (χ4v) is 2.44. The number of carbonyl (C=O) groups excluding carboxylic acids is 1. The summed E-state index contributed by atoms with van der Waals surface area (Å²) < 4.78 is 20.4. The summed E-state index contributed by atoms with van der Waals surface area (Å²) in [6.07, 6.45) is 1.52. The van der Waals surface area contributed by atoms with Gasteiger partial charge in [0.25, 0.3) is 5.56 Å². The molecule has 24 heavy (non-hydrogen) atoms. The van der Waals surface area contributed by atoms with Crippen molar-refractivity contribution in [1.29, 1.82) is 0 Å². The summed E-state index contributed by atoms with van der Waals surface area (Å²) in [5, 5.41) is 8.91. The third-order valence-electron chi connectivity index (χ3n) is 3.52. The summed E-state index contributed by atoms with van der Waals surface area (Å²) in [5.74, 6) is -0.925. The SMILES string of the molecule is CCOC(=O)Cn1nc(C)c2cnn(-c3ccc(F)cc3)c2c1=O. The molecule has 0 amide bonds. The molecule has 3 aromatic rings. The van der Waals surface area contributed by atoms with Crippen molar-refractivity contribution in [3.63, 3.8) is 0 Å². The van der Waals surface area contributed by atoms with E-state index in [2.05, 4.69) is 10.2 Å². The van der Waals surface area contributed by atoms with Gasteiger partial charge in [0.1, 0.15) is 17.9 Å². The number of hydrogen-bond donors (Lipinski definition) is 0. The van der Waals surface area contributed by atoms with Crippen LogP contribution in [-0.2, 0) is 16.1 Å². The van der Waals surface area contributed by atoms with Crippen molar-refractivity contribution in [3.05, 3.63) is 52.3 Å². The van der Waals surface area contributed by atoms with Gasteiger partial charge in [0, 0.05) is 5.39 Å². The molecule has 0 radical (unpaired) electrons. The second-order valence-electron chi connectivity index (χ2n) is 5.15. The van der Waals surface area contributed by atoms with Crippen LogP contribution < -0.4 is 5.56 Å². The normalized spacial score (nSPS) is 11.0. The Morgan fingerprint density at radius 2 is 2.00 bits per heavy atom. The van der Waals surface area contributed by atoms with Crippen LogP contribution in [0.25, 0.3) is 16.6 Å². The average Bonchev–Trinajstić information content (AvgIpc) is 2.99. The lowest BCUT2D eigenvalue weighted by Gasteiger charge is -2.08. The Morgan fingerprint density at radius 1 is 1.29 bits per heavy atom. The summed E-state index contributed by atoms with van der Waals surface area (Å²) >= 11 is 0. The number of esters is 1. The predicted octanol–water partition coefficient (Wildman–Crippen LogP) is 1.59. The lowest BCUT2D eigenvalue weighted by Crippen LogP contribution is -2.29. The highest BCUT2D eigenvalue weighted by Crippen LogP contribution is 2.17. The molecule has 0 atom stereocenters. The molecular formula is C16H15FN4O3. The van der Waals surface area contributed by atoms with Crippen LogP contribution in [0.4, 0.5) is 4.39 Å². The quantitative estimate of drug-likeness (QED) is 0.679. The molecule has 2 aromatic heterocycles. The molecule has 0 saturated carbocycles. The van der Waals surface area contributed by atoms with Crippen LogP contribution in [0.1, 0.15) is 12.6 Å². The molecule has 0 aliphatic heterocycles. The van der Waals surface area contributed by atoms with Gasteiger partial charge in [0.05, 0.1) is 24.2 Å². The summed E-state index contributed by atoms with van der Waals surface area (Å²) in [7, 11) is 0. The molecule has 0 aliphatic carbocycles. The summed E-state index contributed by atoms with van der Waals surface area (Å²) in [6.45, 7) is 3.35. The van der Waals surface area contributed by atoms with E-state index in [1.165, 1.54) is 35.1 Å². The van der Waals surface area contributed by atoms with E-state index in [0.29, 0.717) is 16.8 Å². The van der Waals surface area contributed by atoms with Gasteiger partial charge in [-0.05, 0) is 38.1 Å². The molecule has 0 unspecified atom stereocenters. The van der Waals surface area contributed by atoms with Gasteiger partial charge >= 0.3 is 5.97 Å². The maximum Gasteiger partial charge on any atom is 0.327 e. The average molecular weight is 330 g/mol. The van der Waals surface area contributed by atoms with Crippen LogP contribution in [0.15, 0.2) is 35.3 Å². The van der Waals surface area contributed by atoms with Crippen LogP contribution in [0, 0.1) is 12.7 Å². The fourth-order valence-electron chi connectivity index (χ4n) is 2.44. The molecule has 7 nitrogen and oxygen atoms in total. The van der Waals surface area contributed by atoms with Crippen LogP contribution in [0.2, 0.25) is 0 Å². The zero-order chi connectivity index (χ0) is 17.3. The van der Waals surface area contributed by atoms with Crippen LogP contribution in [-0.4, -0.2) is 32.1 Å². The number of halogens is 1. The van der Waals surface area contributed by atoms with Crippen molar-refractivity contribution in [1.82, 2.24) is 19.6 Å². The van der Waals surface area contributed by atoms with Crippen molar-refractivity contribution < 1.29 is 13.9 Å². The third-order valence-corrected chi connectivity index (χ3v) is 3.52.